The highest BCUT2D eigenvalue weighted by Crippen LogP contribution is 2.32. The molecule has 1 N–H and O–H groups in total. The van der Waals surface area contributed by atoms with Crippen LogP contribution in [0.3, 0.4) is 0 Å². The molecule has 0 saturated carbocycles. The van der Waals surface area contributed by atoms with Crippen LogP contribution in [0.5, 0.6) is 5.75 Å². The first-order chi connectivity index (χ1) is 9.85. The van der Waals surface area contributed by atoms with Crippen molar-refractivity contribution in [2.45, 2.75) is 32.2 Å². The number of rotatable bonds is 4. The van der Waals surface area contributed by atoms with Gasteiger partial charge in [0.1, 0.15) is 0 Å². The average Bonchev–Trinajstić information content (AvgIpc) is 2.40. The van der Waals surface area contributed by atoms with Gasteiger partial charge >= 0.3 is 6.36 Å². The Bertz CT molecular complexity index is 456. The maximum Gasteiger partial charge on any atom is 0.573 e. The molecule has 0 amide bonds. The van der Waals surface area contributed by atoms with Crippen LogP contribution < -0.4 is 10.1 Å². The topological polar surface area (TPSA) is 24.5 Å². The number of anilines is 1. The number of piperidine rings is 1. The quantitative estimate of drug-likeness (QED) is 0.917. The zero-order valence-electron chi connectivity index (χ0n) is 12.3. The van der Waals surface area contributed by atoms with E-state index in [1.807, 2.05) is 6.92 Å². The molecule has 1 fully saturated rings. The number of nitrogens with zero attached hydrogens (tertiary/aromatic N) is 1. The molecular weight excluding hydrogens is 281 g/mol. The molecule has 1 atom stereocenters. The molecule has 3 nitrogen and oxygen atoms in total. The first-order valence-electron chi connectivity index (χ1n) is 7.15. The fourth-order valence-electron chi connectivity index (χ4n) is 2.69. The van der Waals surface area contributed by atoms with Crippen LogP contribution in [0, 0.1) is 5.92 Å². The van der Waals surface area contributed by atoms with E-state index in [1.165, 1.54) is 12.1 Å². The number of para-hydroxylation sites is 2. The van der Waals surface area contributed by atoms with Crippen LogP contribution in [-0.2, 0) is 0 Å². The summed E-state index contributed by atoms with van der Waals surface area (Å²) in [5.41, 5.74) is 0.390. The van der Waals surface area contributed by atoms with E-state index in [-0.39, 0.29) is 11.8 Å². The number of nitrogens with one attached hydrogen (secondary N) is 1. The Morgan fingerprint density at radius 2 is 1.86 bits per heavy atom. The van der Waals surface area contributed by atoms with E-state index in [4.69, 9.17) is 0 Å². The third-order valence-corrected chi connectivity index (χ3v) is 3.97. The number of hydrogen-bond donors (Lipinski definition) is 1. The van der Waals surface area contributed by atoms with E-state index < -0.39 is 6.36 Å². The molecular formula is C15H21F3N2O. The van der Waals surface area contributed by atoms with E-state index in [9.17, 15) is 13.2 Å². The summed E-state index contributed by atoms with van der Waals surface area (Å²) < 4.78 is 41.3. The lowest BCUT2D eigenvalue weighted by atomic mass is 9.90. The van der Waals surface area contributed by atoms with Gasteiger partial charge in [0.2, 0.25) is 0 Å². The summed E-state index contributed by atoms with van der Waals surface area (Å²) in [6.07, 6.45) is -2.57. The molecule has 0 bridgehead atoms. The zero-order valence-corrected chi connectivity index (χ0v) is 12.3. The van der Waals surface area contributed by atoms with Gasteiger partial charge in [-0.15, -0.1) is 13.2 Å². The molecule has 21 heavy (non-hydrogen) atoms. The normalized spacial score (nSPS) is 19.3. The largest absolute Gasteiger partial charge is 0.573 e. The Kier molecular flexibility index (Phi) is 4.98. The van der Waals surface area contributed by atoms with Gasteiger partial charge in [0.25, 0.3) is 0 Å². The third-order valence-electron chi connectivity index (χ3n) is 3.97. The van der Waals surface area contributed by atoms with E-state index in [1.54, 1.807) is 12.1 Å². The van der Waals surface area contributed by atoms with Gasteiger partial charge in [-0.3, -0.25) is 0 Å². The number of alkyl halides is 3. The summed E-state index contributed by atoms with van der Waals surface area (Å²) in [5, 5.41) is 3.17. The van der Waals surface area contributed by atoms with Gasteiger partial charge in [-0.1, -0.05) is 12.1 Å². The smallest absolute Gasteiger partial charge is 0.404 e. The van der Waals surface area contributed by atoms with Gasteiger partial charge in [-0.2, -0.15) is 0 Å². The highest BCUT2D eigenvalue weighted by molar-refractivity contribution is 5.56. The predicted octanol–water partition coefficient (Wildman–Crippen LogP) is 3.73. The third kappa shape index (κ3) is 4.81. The minimum absolute atomic E-state index is 0.108. The van der Waals surface area contributed by atoms with Crippen molar-refractivity contribution >= 4 is 5.69 Å². The molecule has 6 heteroatoms. The molecule has 0 aliphatic carbocycles. The van der Waals surface area contributed by atoms with E-state index in [0.717, 1.165) is 25.9 Å². The van der Waals surface area contributed by atoms with Crippen molar-refractivity contribution in [1.29, 1.82) is 0 Å². The van der Waals surface area contributed by atoms with Crippen molar-refractivity contribution in [3.8, 4) is 5.75 Å². The van der Waals surface area contributed by atoms with Gasteiger partial charge < -0.3 is 15.0 Å². The van der Waals surface area contributed by atoms with Gasteiger partial charge in [0.05, 0.1) is 5.69 Å². The molecule has 1 aliphatic rings. The molecule has 118 valence electrons. The molecule has 2 rings (SSSR count). The van der Waals surface area contributed by atoms with Crippen LogP contribution in [0.4, 0.5) is 18.9 Å². The monoisotopic (exact) mass is 302 g/mol. The molecule has 1 saturated heterocycles. The summed E-state index contributed by atoms with van der Waals surface area (Å²) >= 11 is 0. The Hall–Kier alpha value is -1.43. The van der Waals surface area contributed by atoms with E-state index >= 15 is 0 Å². The first-order valence-corrected chi connectivity index (χ1v) is 7.15. The van der Waals surface area contributed by atoms with Crippen molar-refractivity contribution in [2.75, 3.05) is 25.5 Å². The molecule has 1 heterocycles. The summed E-state index contributed by atoms with van der Waals surface area (Å²) in [6.45, 7) is 4.06. The van der Waals surface area contributed by atoms with E-state index in [0.29, 0.717) is 11.6 Å². The Morgan fingerprint density at radius 3 is 2.48 bits per heavy atom. The van der Waals surface area contributed by atoms with Crippen molar-refractivity contribution in [1.82, 2.24) is 4.90 Å². The van der Waals surface area contributed by atoms with Gasteiger partial charge in [-0.05, 0) is 58.0 Å². The first kappa shape index (κ1) is 15.9. The fourth-order valence-corrected chi connectivity index (χ4v) is 2.69. The van der Waals surface area contributed by atoms with Crippen LogP contribution >= 0.6 is 0 Å². The summed E-state index contributed by atoms with van der Waals surface area (Å²) in [5.74, 6) is 0.282. The minimum Gasteiger partial charge on any atom is -0.404 e. The Labute approximate surface area is 123 Å². The highest BCUT2D eigenvalue weighted by atomic mass is 19.4. The SMILES string of the molecule is CC(Nc1ccccc1OC(F)(F)F)C1CCN(C)CC1. The number of likely N-dealkylation sites (tertiary alicyclic amines) is 1. The summed E-state index contributed by atoms with van der Waals surface area (Å²) in [7, 11) is 2.08. The molecule has 0 radical (unpaired) electrons. The van der Waals surface area contributed by atoms with Gasteiger partial charge in [-0.25, -0.2) is 0 Å². The molecule has 0 spiro atoms. The molecule has 1 unspecified atom stereocenters. The maximum absolute atomic E-state index is 12.4. The maximum atomic E-state index is 12.4. The van der Waals surface area contributed by atoms with Gasteiger partial charge in [0.15, 0.2) is 5.75 Å². The van der Waals surface area contributed by atoms with Crippen LogP contribution in [0.15, 0.2) is 24.3 Å². The van der Waals surface area contributed by atoms with Crippen LogP contribution in [-0.4, -0.2) is 37.4 Å². The van der Waals surface area contributed by atoms with Gasteiger partial charge in [0, 0.05) is 6.04 Å². The molecule has 1 aliphatic heterocycles. The highest BCUT2D eigenvalue weighted by Gasteiger charge is 2.32. The molecule has 0 aromatic heterocycles. The number of halogens is 3. The Morgan fingerprint density at radius 1 is 1.24 bits per heavy atom. The average molecular weight is 302 g/mol. The van der Waals surface area contributed by atoms with Crippen LogP contribution in [0.2, 0.25) is 0 Å². The Balaban J connectivity index is 2.02. The number of hydrogen-bond acceptors (Lipinski definition) is 3. The van der Waals surface area contributed by atoms with E-state index in [2.05, 4.69) is 22.0 Å². The number of ether oxygens (including phenoxy) is 1. The van der Waals surface area contributed by atoms with Crippen molar-refractivity contribution in [2.24, 2.45) is 5.92 Å². The van der Waals surface area contributed by atoms with Crippen molar-refractivity contribution < 1.29 is 17.9 Å². The summed E-state index contributed by atoms with van der Waals surface area (Å²) in [6, 6.07) is 6.29. The predicted molar refractivity (Wildman–Crippen MR) is 76.4 cm³/mol. The van der Waals surface area contributed by atoms with Crippen LogP contribution in [0.25, 0.3) is 0 Å². The molecule has 1 aromatic rings. The second-order valence-corrected chi connectivity index (χ2v) is 5.62. The summed E-state index contributed by atoms with van der Waals surface area (Å²) in [4.78, 5) is 2.27. The second-order valence-electron chi connectivity index (χ2n) is 5.62. The van der Waals surface area contributed by atoms with Crippen LogP contribution in [0.1, 0.15) is 19.8 Å². The number of benzene rings is 1. The molecule has 1 aromatic carbocycles. The standard InChI is InChI=1S/C15H21F3N2O/c1-11(12-7-9-20(2)10-8-12)19-13-5-3-4-6-14(13)21-15(16,17)18/h3-6,11-12,19H,7-10H2,1-2H3. The minimum atomic E-state index is -4.67. The lowest BCUT2D eigenvalue weighted by molar-refractivity contribution is -0.274. The van der Waals surface area contributed by atoms with Crippen molar-refractivity contribution in [3.05, 3.63) is 24.3 Å². The van der Waals surface area contributed by atoms with Crippen molar-refractivity contribution in [3.63, 3.8) is 0 Å². The lowest BCUT2D eigenvalue weighted by Gasteiger charge is -2.33. The zero-order chi connectivity index (χ0) is 15.5. The lowest BCUT2D eigenvalue weighted by Crippen LogP contribution is -2.37. The fraction of sp³-hybridized carbons (Fsp3) is 0.600. The second kappa shape index (κ2) is 6.56.